The molecule has 0 aromatic heterocycles. The lowest BCUT2D eigenvalue weighted by Crippen LogP contribution is -2.51. The molecule has 0 spiro atoms. The van der Waals surface area contributed by atoms with Crippen molar-refractivity contribution in [1.82, 2.24) is 10.2 Å². The summed E-state index contributed by atoms with van der Waals surface area (Å²) < 4.78 is 26.3. The van der Waals surface area contributed by atoms with E-state index < -0.39 is 28.5 Å². The molecule has 180 valence electrons. The van der Waals surface area contributed by atoms with Gasteiger partial charge in [-0.25, -0.2) is 8.42 Å². The van der Waals surface area contributed by atoms with E-state index in [0.29, 0.717) is 27.7 Å². The Labute approximate surface area is 205 Å². The Kier molecular flexibility index (Phi) is 9.17. The van der Waals surface area contributed by atoms with Crippen molar-refractivity contribution in [3.63, 3.8) is 0 Å². The normalized spacial score (nSPS) is 12.2. The largest absolute Gasteiger partial charge is 0.357 e. The molecule has 2 aromatic carbocycles. The van der Waals surface area contributed by atoms with Gasteiger partial charge in [-0.2, -0.15) is 0 Å². The summed E-state index contributed by atoms with van der Waals surface area (Å²) in [5, 5.41) is 3.26. The van der Waals surface area contributed by atoms with Gasteiger partial charge in [-0.1, -0.05) is 42.3 Å². The molecule has 2 rings (SSSR count). The molecule has 33 heavy (non-hydrogen) atoms. The molecule has 10 heteroatoms. The smallest absolute Gasteiger partial charge is 0.244 e. The monoisotopic (exact) mass is 513 g/mol. The number of sulfonamides is 1. The van der Waals surface area contributed by atoms with Gasteiger partial charge in [0.05, 0.1) is 11.9 Å². The molecule has 0 heterocycles. The highest BCUT2D eigenvalue weighted by Crippen LogP contribution is 2.28. The van der Waals surface area contributed by atoms with Gasteiger partial charge in [0.15, 0.2) is 0 Å². The van der Waals surface area contributed by atoms with E-state index >= 15 is 0 Å². The van der Waals surface area contributed by atoms with E-state index in [1.807, 2.05) is 19.9 Å². The molecule has 0 saturated carbocycles. The van der Waals surface area contributed by atoms with Crippen LogP contribution in [0.2, 0.25) is 10.0 Å². The van der Waals surface area contributed by atoms with Crippen molar-refractivity contribution in [2.75, 3.05) is 24.2 Å². The van der Waals surface area contributed by atoms with Crippen LogP contribution in [0.3, 0.4) is 0 Å². The predicted molar refractivity (Wildman–Crippen MR) is 133 cm³/mol. The van der Waals surface area contributed by atoms with Crippen LogP contribution in [0.4, 0.5) is 5.69 Å². The maximum atomic E-state index is 13.5. The fourth-order valence-electron chi connectivity index (χ4n) is 3.65. The van der Waals surface area contributed by atoms with Gasteiger partial charge in [-0.05, 0) is 55.7 Å². The van der Waals surface area contributed by atoms with Gasteiger partial charge in [0.1, 0.15) is 12.6 Å². The molecule has 0 aliphatic rings. The predicted octanol–water partition coefficient (Wildman–Crippen LogP) is 3.93. The van der Waals surface area contributed by atoms with E-state index in [9.17, 15) is 18.0 Å². The molecule has 0 fully saturated rings. The van der Waals surface area contributed by atoms with E-state index in [1.165, 1.54) is 11.9 Å². The van der Waals surface area contributed by atoms with Gasteiger partial charge in [0.2, 0.25) is 21.8 Å². The van der Waals surface area contributed by atoms with Crippen molar-refractivity contribution in [2.24, 2.45) is 0 Å². The van der Waals surface area contributed by atoms with Crippen LogP contribution in [-0.2, 0) is 26.2 Å². The molecule has 0 bridgehead atoms. The number of rotatable bonds is 9. The van der Waals surface area contributed by atoms with Crippen LogP contribution in [0.15, 0.2) is 36.4 Å². The van der Waals surface area contributed by atoms with Crippen molar-refractivity contribution < 1.29 is 18.0 Å². The fourth-order valence-corrected chi connectivity index (χ4v) is 5.00. The SMILES string of the molecule is CCC(C(=O)NC)N(Cc1c(Cl)cccc1Cl)C(=O)CN(c1cc(C)cc(C)c1)S(C)(=O)=O. The highest BCUT2D eigenvalue weighted by Gasteiger charge is 2.32. The molecule has 1 N–H and O–H groups in total. The van der Waals surface area contributed by atoms with Gasteiger partial charge in [-0.3, -0.25) is 13.9 Å². The highest BCUT2D eigenvalue weighted by molar-refractivity contribution is 7.92. The van der Waals surface area contributed by atoms with Gasteiger partial charge in [-0.15, -0.1) is 0 Å². The number of likely N-dealkylation sites (N-methyl/N-ethyl adjacent to an activating group) is 1. The Morgan fingerprint density at radius 2 is 1.61 bits per heavy atom. The third-order valence-corrected chi connectivity index (χ3v) is 7.04. The van der Waals surface area contributed by atoms with Crippen LogP contribution < -0.4 is 9.62 Å². The first-order chi connectivity index (χ1) is 15.4. The Morgan fingerprint density at radius 1 is 1.06 bits per heavy atom. The number of hydrogen-bond donors (Lipinski definition) is 1. The number of nitrogens with one attached hydrogen (secondary N) is 1. The summed E-state index contributed by atoms with van der Waals surface area (Å²) in [5.74, 6) is -0.919. The van der Waals surface area contributed by atoms with Crippen LogP contribution in [0.25, 0.3) is 0 Å². The van der Waals surface area contributed by atoms with E-state index in [2.05, 4.69) is 5.32 Å². The van der Waals surface area contributed by atoms with E-state index in [1.54, 1.807) is 37.3 Å². The second-order valence-electron chi connectivity index (χ2n) is 7.88. The minimum Gasteiger partial charge on any atom is -0.357 e. The van der Waals surface area contributed by atoms with Crippen LogP contribution in [0.5, 0.6) is 0 Å². The first kappa shape index (κ1) is 27.0. The molecule has 0 aliphatic carbocycles. The number of amides is 2. The van der Waals surface area contributed by atoms with E-state index in [-0.39, 0.29) is 12.5 Å². The average Bonchev–Trinajstić information content (AvgIpc) is 2.71. The molecule has 0 saturated heterocycles. The lowest BCUT2D eigenvalue weighted by atomic mass is 10.1. The van der Waals surface area contributed by atoms with Crippen molar-refractivity contribution in [3.8, 4) is 0 Å². The Bertz CT molecular complexity index is 1100. The van der Waals surface area contributed by atoms with Crippen LogP contribution in [0, 0.1) is 13.8 Å². The highest BCUT2D eigenvalue weighted by atomic mass is 35.5. The lowest BCUT2D eigenvalue weighted by molar-refractivity contribution is -0.140. The molecular formula is C23H29Cl2N3O4S. The summed E-state index contributed by atoms with van der Waals surface area (Å²) in [6, 6.07) is 9.45. The molecule has 0 aliphatic heterocycles. The molecule has 1 unspecified atom stereocenters. The van der Waals surface area contributed by atoms with Gasteiger partial charge >= 0.3 is 0 Å². The van der Waals surface area contributed by atoms with Gasteiger partial charge in [0, 0.05) is 29.2 Å². The zero-order valence-corrected chi connectivity index (χ0v) is 21.7. The zero-order chi connectivity index (χ0) is 24.9. The molecule has 1 atom stereocenters. The lowest BCUT2D eigenvalue weighted by Gasteiger charge is -2.33. The van der Waals surface area contributed by atoms with Crippen molar-refractivity contribution in [1.29, 1.82) is 0 Å². The van der Waals surface area contributed by atoms with Crippen molar-refractivity contribution in [3.05, 3.63) is 63.1 Å². The van der Waals surface area contributed by atoms with Crippen LogP contribution in [-0.4, -0.2) is 51.0 Å². The molecule has 0 radical (unpaired) electrons. The summed E-state index contributed by atoms with van der Waals surface area (Å²) in [5.41, 5.74) is 2.59. The maximum absolute atomic E-state index is 13.5. The number of benzene rings is 2. The van der Waals surface area contributed by atoms with Crippen molar-refractivity contribution >= 4 is 50.7 Å². The third-order valence-electron chi connectivity index (χ3n) is 5.20. The number of anilines is 1. The van der Waals surface area contributed by atoms with Gasteiger partial charge < -0.3 is 10.2 Å². The second kappa shape index (κ2) is 11.2. The standard InChI is InChI=1S/C23H29Cl2N3O4S/c1-6-21(23(30)26-4)27(13-18-19(24)8-7-9-20(18)25)22(29)14-28(33(5,31)32)17-11-15(2)10-16(3)12-17/h7-12,21H,6,13-14H2,1-5H3,(H,26,30). The molecule has 2 aromatic rings. The Morgan fingerprint density at radius 3 is 2.06 bits per heavy atom. The number of hydrogen-bond acceptors (Lipinski definition) is 4. The first-order valence-electron chi connectivity index (χ1n) is 10.4. The number of carbonyl (C=O) groups is 2. The zero-order valence-electron chi connectivity index (χ0n) is 19.4. The summed E-state index contributed by atoms with van der Waals surface area (Å²) >= 11 is 12.6. The van der Waals surface area contributed by atoms with Crippen LogP contribution >= 0.6 is 23.2 Å². The average molecular weight is 514 g/mol. The number of nitrogens with zero attached hydrogens (tertiary/aromatic N) is 2. The number of aryl methyl sites for hydroxylation is 2. The van der Waals surface area contributed by atoms with Crippen LogP contribution in [0.1, 0.15) is 30.0 Å². The molecule has 7 nitrogen and oxygen atoms in total. The Hall–Kier alpha value is -2.29. The minimum atomic E-state index is -3.79. The summed E-state index contributed by atoms with van der Waals surface area (Å²) in [4.78, 5) is 27.5. The summed E-state index contributed by atoms with van der Waals surface area (Å²) in [6.07, 6.45) is 1.36. The summed E-state index contributed by atoms with van der Waals surface area (Å²) in [7, 11) is -2.31. The fraction of sp³-hybridized carbons (Fsp3) is 0.391. The number of carbonyl (C=O) groups excluding carboxylic acids is 2. The van der Waals surface area contributed by atoms with E-state index in [0.717, 1.165) is 21.7 Å². The molecular weight excluding hydrogens is 485 g/mol. The first-order valence-corrected chi connectivity index (χ1v) is 13.0. The maximum Gasteiger partial charge on any atom is 0.244 e. The summed E-state index contributed by atoms with van der Waals surface area (Å²) in [6.45, 7) is 4.95. The van der Waals surface area contributed by atoms with E-state index in [4.69, 9.17) is 23.2 Å². The topological polar surface area (TPSA) is 86.8 Å². The van der Waals surface area contributed by atoms with Crippen molar-refractivity contribution in [2.45, 2.75) is 39.8 Å². The minimum absolute atomic E-state index is 0.0479. The second-order valence-corrected chi connectivity index (χ2v) is 10.6. The Balaban J connectivity index is 2.52. The van der Waals surface area contributed by atoms with Gasteiger partial charge in [0.25, 0.3) is 0 Å². The quantitative estimate of drug-likeness (QED) is 0.550. The number of halogens is 2. The molecule has 2 amide bonds. The third kappa shape index (κ3) is 6.85.